The second kappa shape index (κ2) is 7.74. The molecule has 0 aliphatic carbocycles. The number of aliphatic imine (C=N–C) groups is 1. The van der Waals surface area contributed by atoms with Crippen molar-refractivity contribution in [3.05, 3.63) is 59.0 Å². The van der Waals surface area contributed by atoms with E-state index < -0.39 is 0 Å². The molecule has 0 spiro atoms. The molecule has 1 saturated heterocycles. The number of amidine groups is 1. The zero-order valence-electron chi connectivity index (χ0n) is 16.7. The van der Waals surface area contributed by atoms with E-state index in [-0.39, 0.29) is 18.1 Å². The van der Waals surface area contributed by atoms with E-state index >= 15 is 0 Å². The molecule has 7 heteroatoms. The van der Waals surface area contributed by atoms with Gasteiger partial charge < -0.3 is 14.2 Å². The molecule has 1 aromatic heterocycles. The van der Waals surface area contributed by atoms with Crippen LogP contribution in [0.3, 0.4) is 0 Å². The number of carbonyl (C=O) groups excluding carboxylic acids is 1. The van der Waals surface area contributed by atoms with Crippen LogP contribution < -0.4 is 0 Å². The molecule has 5 rings (SSSR count). The first-order chi connectivity index (χ1) is 14.6. The van der Waals surface area contributed by atoms with Crippen molar-refractivity contribution in [3.63, 3.8) is 0 Å². The van der Waals surface area contributed by atoms with Crippen LogP contribution in [-0.4, -0.2) is 46.4 Å². The molecule has 1 fully saturated rings. The Bertz CT molecular complexity index is 1160. The fourth-order valence-electron chi connectivity index (χ4n) is 3.87. The summed E-state index contributed by atoms with van der Waals surface area (Å²) in [4.78, 5) is 19.6. The average Bonchev–Trinajstić information content (AvgIpc) is 3.31. The van der Waals surface area contributed by atoms with Gasteiger partial charge in [0, 0.05) is 18.7 Å². The number of nitrogens with zero attached hydrogens (tertiary/aromatic N) is 3. The minimum Gasteiger partial charge on any atom is -0.372 e. The summed E-state index contributed by atoms with van der Waals surface area (Å²) in [5.74, 6) is 0.528. The van der Waals surface area contributed by atoms with Gasteiger partial charge in [-0.25, -0.2) is 0 Å². The number of rotatable bonds is 2. The number of carbonyl (C=O) groups is 1. The van der Waals surface area contributed by atoms with Crippen LogP contribution in [-0.2, 0) is 9.53 Å². The summed E-state index contributed by atoms with van der Waals surface area (Å²) in [6.07, 6.45) is 2.12. The van der Waals surface area contributed by atoms with Gasteiger partial charge in [0.05, 0.1) is 22.5 Å². The van der Waals surface area contributed by atoms with Gasteiger partial charge in [-0.3, -0.25) is 4.79 Å². The smallest absolute Gasteiger partial charge is 0.286 e. The third-order valence-corrected chi connectivity index (χ3v) is 6.18. The van der Waals surface area contributed by atoms with Crippen LogP contribution in [0.4, 0.5) is 0 Å². The van der Waals surface area contributed by atoms with E-state index in [0.29, 0.717) is 4.91 Å². The first-order valence-electron chi connectivity index (χ1n) is 9.94. The summed E-state index contributed by atoms with van der Waals surface area (Å²) >= 11 is 1.43. The Balaban J connectivity index is 1.42. The van der Waals surface area contributed by atoms with Crippen molar-refractivity contribution in [1.29, 1.82) is 0 Å². The molecule has 1 amide bonds. The lowest BCUT2D eigenvalue weighted by Crippen LogP contribution is -2.47. The maximum absolute atomic E-state index is 12.5. The fourth-order valence-corrected chi connectivity index (χ4v) is 4.80. The molecule has 2 atom stereocenters. The van der Waals surface area contributed by atoms with Crippen molar-refractivity contribution >= 4 is 39.8 Å². The highest BCUT2D eigenvalue weighted by Crippen LogP contribution is 2.33. The highest BCUT2D eigenvalue weighted by Gasteiger charge is 2.31. The zero-order valence-corrected chi connectivity index (χ0v) is 17.6. The van der Waals surface area contributed by atoms with E-state index in [1.165, 1.54) is 11.8 Å². The molecule has 3 aromatic rings. The monoisotopic (exact) mass is 419 g/mol. The predicted octanol–water partition coefficient (Wildman–Crippen LogP) is 4.57. The standard InChI is InChI=1S/C23H21N3O3S/c1-14-12-26(13-15(2)28-14)23-24-22(27)20(30-23)11-16-8-9-19-18(10-16)21(29-25-19)17-6-4-3-5-7-17/h3-11,14-15H,12-13H2,1-2H3/b20-11+. The maximum Gasteiger partial charge on any atom is 0.286 e. The molecular weight excluding hydrogens is 398 g/mol. The Kier molecular flexibility index (Phi) is 4.92. The summed E-state index contributed by atoms with van der Waals surface area (Å²) in [7, 11) is 0. The topological polar surface area (TPSA) is 67.9 Å². The lowest BCUT2D eigenvalue weighted by molar-refractivity contribution is -0.113. The van der Waals surface area contributed by atoms with Gasteiger partial charge in [-0.1, -0.05) is 41.6 Å². The molecule has 2 unspecified atom stereocenters. The third-order valence-electron chi connectivity index (χ3n) is 5.13. The summed E-state index contributed by atoms with van der Waals surface area (Å²) in [5, 5.41) is 5.83. The van der Waals surface area contributed by atoms with Crippen LogP contribution in [0.5, 0.6) is 0 Å². The van der Waals surface area contributed by atoms with Crippen molar-refractivity contribution in [3.8, 4) is 11.3 Å². The minimum absolute atomic E-state index is 0.118. The van der Waals surface area contributed by atoms with Gasteiger partial charge in [-0.05, 0) is 49.4 Å². The van der Waals surface area contributed by atoms with E-state index in [0.717, 1.165) is 46.0 Å². The lowest BCUT2D eigenvalue weighted by Gasteiger charge is -2.35. The molecule has 6 nitrogen and oxygen atoms in total. The number of ether oxygens (including phenoxy) is 1. The zero-order chi connectivity index (χ0) is 20.7. The number of amides is 1. The van der Waals surface area contributed by atoms with Crippen LogP contribution in [0.25, 0.3) is 28.3 Å². The SMILES string of the molecule is CC1CN(C2=NC(=O)/C(=C\c3ccc4noc(-c5ccccc5)c4c3)S2)CC(C)O1. The molecule has 2 aliphatic heterocycles. The molecule has 0 N–H and O–H groups in total. The summed E-state index contributed by atoms with van der Waals surface area (Å²) in [5.41, 5.74) is 2.67. The van der Waals surface area contributed by atoms with E-state index in [4.69, 9.17) is 9.26 Å². The van der Waals surface area contributed by atoms with Gasteiger partial charge in [0.15, 0.2) is 10.9 Å². The van der Waals surface area contributed by atoms with E-state index in [1.807, 2.05) is 68.5 Å². The van der Waals surface area contributed by atoms with Gasteiger partial charge in [0.2, 0.25) is 0 Å². The van der Waals surface area contributed by atoms with Gasteiger partial charge in [-0.2, -0.15) is 4.99 Å². The van der Waals surface area contributed by atoms with Crippen molar-refractivity contribution in [2.45, 2.75) is 26.1 Å². The largest absolute Gasteiger partial charge is 0.372 e. The maximum atomic E-state index is 12.5. The molecule has 152 valence electrons. The second-order valence-electron chi connectivity index (χ2n) is 7.63. The fraction of sp³-hybridized carbons (Fsp3) is 0.261. The molecule has 0 saturated carbocycles. The van der Waals surface area contributed by atoms with Crippen molar-refractivity contribution in [2.24, 2.45) is 4.99 Å². The van der Waals surface area contributed by atoms with Gasteiger partial charge in [0.25, 0.3) is 5.91 Å². The van der Waals surface area contributed by atoms with Crippen molar-refractivity contribution in [1.82, 2.24) is 10.1 Å². The van der Waals surface area contributed by atoms with E-state index in [2.05, 4.69) is 15.0 Å². The van der Waals surface area contributed by atoms with E-state index in [1.54, 1.807) is 0 Å². The molecule has 2 aliphatic rings. The van der Waals surface area contributed by atoms with E-state index in [9.17, 15) is 4.79 Å². The third kappa shape index (κ3) is 3.66. The van der Waals surface area contributed by atoms with Gasteiger partial charge >= 0.3 is 0 Å². The number of morpholine rings is 1. The van der Waals surface area contributed by atoms with Crippen LogP contribution in [0, 0.1) is 0 Å². The van der Waals surface area contributed by atoms with Crippen LogP contribution in [0.15, 0.2) is 63.0 Å². The Hall–Kier alpha value is -2.90. The Morgan fingerprint density at radius 2 is 1.87 bits per heavy atom. The number of aromatic nitrogens is 1. The van der Waals surface area contributed by atoms with Crippen LogP contribution in [0.2, 0.25) is 0 Å². The molecule has 3 heterocycles. The number of hydrogen-bond donors (Lipinski definition) is 0. The lowest BCUT2D eigenvalue weighted by atomic mass is 10.1. The molecule has 0 bridgehead atoms. The number of benzene rings is 2. The van der Waals surface area contributed by atoms with Gasteiger partial charge in [-0.15, -0.1) is 0 Å². The average molecular weight is 420 g/mol. The van der Waals surface area contributed by atoms with Crippen molar-refractivity contribution in [2.75, 3.05) is 13.1 Å². The Morgan fingerprint density at radius 1 is 1.10 bits per heavy atom. The molecule has 30 heavy (non-hydrogen) atoms. The predicted molar refractivity (Wildman–Crippen MR) is 119 cm³/mol. The van der Waals surface area contributed by atoms with Crippen molar-refractivity contribution < 1.29 is 14.1 Å². The number of fused-ring (bicyclic) bond motifs is 1. The number of thioether (sulfide) groups is 1. The quantitative estimate of drug-likeness (QED) is 0.567. The first kappa shape index (κ1) is 19.1. The second-order valence-corrected chi connectivity index (χ2v) is 8.64. The number of hydrogen-bond acceptors (Lipinski definition) is 6. The molecule has 2 aromatic carbocycles. The van der Waals surface area contributed by atoms with Crippen LogP contribution >= 0.6 is 11.8 Å². The highest BCUT2D eigenvalue weighted by atomic mass is 32.2. The molecule has 0 radical (unpaired) electrons. The Morgan fingerprint density at radius 3 is 2.63 bits per heavy atom. The minimum atomic E-state index is -0.199. The summed E-state index contributed by atoms with van der Waals surface area (Å²) in [6, 6.07) is 15.7. The highest BCUT2D eigenvalue weighted by molar-refractivity contribution is 8.18. The Labute approximate surface area is 178 Å². The first-order valence-corrected chi connectivity index (χ1v) is 10.8. The normalized spacial score (nSPS) is 23.4. The summed E-state index contributed by atoms with van der Waals surface area (Å²) < 4.78 is 11.4. The molecular formula is C23H21N3O3S. The van der Waals surface area contributed by atoms with Gasteiger partial charge in [0.1, 0.15) is 5.52 Å². The summed E-state index contributed by atoms with van der Waals surface area (Å²) in [6.45, 7) is 5.56. The van der Waals surface area contributed by atoms with Crippen LogP contribution in [0.1, 0.15) is 19.4 Å².